The lowest BCUT2D eigenvalue weighted by Gasteiger charge is -2.14. The molecule has 8 heteroatoms. The number of benzene rings is 1. The molecule has 0 spiro atoms. The van der Waals surface area contributed by atoms with Crippen molar-refractivity contribution in [3.8, 4) is 0 Å². The van der Waals surface area contributed by atoms with E-state index < -0.39 is 40.2 Å². The summed E-state index contributed by atoms with van der Waals surface area (Å²) in [5.41, 5.74) is -4.13. The molecule has 0 aromatic heterocycles. The Kier molecular flexibility index (Phi) is 3.75. The molecule has 0 aliphatic heterocycles. The summed E-state index contributed by atoms with van der Waals surface area (Å²) in [6.45, 7) is 0. The van der Waals surface area contributed by atoms with Crippen molar-refractivity contribution in [2.45, 2.75) is 17.7 Å². The van der Waals surface area contributed by atoms with E-state index in [1.807, 2.05) is 0 Å². The van der Waals surface area contributed by atoms with Crippen molar-refractivity contribution in [1.82, 2.24) is 0 Å². The van der Waals surface area contributed by atoms with Crippen LogP contribution in [-0.2, 0) is 17.7 Å². The van der Waals surface area contributed by atoms with E-state index in [4.69, 9.17) is 0 Å². The molecule has 0 aliphatic carbocycles. The van der Waals surface area contributed by atoms with Crippen LogP contribution in [0.5, 0.6) is 0 Å². The quantitative estimate of drug-likeness (QED) is 0.516. The summed E-state index contributed by atoms with van der Waals surface area (Å²) in [4.78, 5) is 0. The first-order valence-corrected chi connectivity index (χ1v) is 5.22. The number of halogens is 8. The van der Waals surface area contributed by atoms with E-state index in [0.717, 1.165) is 0 Å². The molecule has 17 heavy (non-hydrogen) atoms. The summed E-state index contributed by atoms with van der Waals surface area (Å²) in [5, 5.41) is -0.439. The average molecular weight is 325 g/mol. The maximum atomic E-state index is 13.2. The van der Waals surface area contributed by atoms with Gasteiger partial charge in [-0.25, -0.2) is 4.39 Å². The Hall–Kier alpha value is -0.790. The highest BCUT2D eigenvalue weighted by Gasteiger charge is 2.39. The van der Waals surface area contributed by atoms with Crippen LogP contribution in [0.25, 0.3) is 0 Å². The van der Waals surface area contributed by atoms with E-state index in [1.165, 1.54) is 0 Å². The Balaban J connectivity index is 3.50. The molecule has 0 heterocycles. The maximum Gasteiger partial charge on any atom is 0.419 e. The molecule has 1 aromatic rings. The zero-order chi connectivity index (χ0) is 13.4. The minimum absolute atomic E-state index is 0.235. The summed E-state index contributed by atoms with van der Waals surface area (Å²) < 4.78 is 87.0. The molecule has 0 nitrogen and oxygen atoms in total. The smallest absolute Gasteiger partial charge is 0.206 e. The minimum atomic E-state index is -5.16. The average Bonchev–Trinajstić information content (AvgIpc) is 2.14. The zero-order valence-electron chi connectivity index (χ0n) is 7.89. The van der Waals surface area contributed by atoms with Crippen molar-refractivity contribution in [2.75, 3.05) is 0 Å². The van der Waals surface area contributed by atoms with Gasteiger partial charge in [0.15, 0.2) is 0 Å². The largest absolute Gasteiger partial charge is 0.419 e. The molecular weight excluding hydrogens is 321 g/mol. The molecule has 1 aromatic carbocycles. The second kappa shape index (κ2) is 4.47. The van der Waals surface area contributed by atoms with Crippen molar-refractivity contribution in [2.24, 2.45) is 0 Å². The molecule has 96 valence electrons. The van der Waals surface area contributed by atoms with Gasteiger partial charge in [0, 0.05) is 5.33 Å². The van der Waals surface area contributed by atoms with Crippen LogP contribution < -0.4 is 0 Å². The van der Waals surface area contributed by atoms with Crippen molar-refractivity contribution < 1.29 is 30.7 Å². The van der Waals surface area contributed by atoms with E-state index in [1.54, 1.807) is 0 Å². The topological polar surface area (TPSA) is 0 Å². The summed E-state index contributed by atoms with van der Waals surface area (Å²) in [6.07, 6.45) is -10.1. The number of rotatable bonds is 1. The predicted molar refractivity (Wildman–Crippen MR) is 49.0 cm³/mol. The van der Waals surface area contributed by atoms with Crippen molar-refractivity contribution >= 4 is 15.9 Å². The third-order valence-corrected chi connectivity index (χ3v) is 2.53. The van der Waals surface area contributed by atoms with Gasteiger partial charge in [0.05, 0.1) is 11.1 Å². The molecule has 0 unspecified atom stereocenters. The molecule has 0 bridgehead atoms. The summed E-state index contributed by atoms with van der Waals surface area (Å²) in [6, 6.07) is 0.112. The number of hydrogen-bond acceptors (Lipinski definition) is 0. The predicted octanol–water partition coefficient (Wildman–Crippen LogP) is 4.76. The van der Waals surface area contributed by atoms with Gasteiger partial charge < -0.3 is 0 Å². The first kappa shape index (κ1) is 14.3. The van der Waals surface area contributed by atoms with Gasteiger partial charge in [-0.1, -0.05) is 15.9 Å². The normalized spacial score (nSPS) is 12.9. The summed E-state index contributed by atoms with van der Waals surface area (Å²) in [7, 11) is 0. The second-order valence-electron chi connectivity index (χ2n) is 3.13. The number of alkyl halides is 7. The lowest BCUT2D eigenvalue weighted by molar-refractivity contribution is -0.144. The molecular formula is C9H4BrF7. The molecule has 0 saturated carbocycles. The zero-order valence-corrected chi connectivity index (χ0v) is 9.47. The molecule has 0 amide bonds. The van der Waals surface area contributed by atoms with Crippen LogP contribution >= 0.6 is 15.9 Å². The Morgan fingerprint density at radius 2 is 1.47 bits per heavy atom. The van der Waals surface area contributed by atoms with Crippen LogP contribution in [0.3, 0.4) is 0 Å². The Morgan fingerprint density at radius 3 is 1.82 bits per heavy atom. The van der Waals surface area contributed by atoms with Gasteiger partial charge in [-0.2, -0.15) is 26.3 Å². The van der Waals surface area contributed by atoms with Crippen LogP contribution in [0.1, 0.15) is 16.7 Å². The van der Waals surface area contributed by atoms with Gasteiger partial charge in [-0.15, -0.1) is 0 Å². The third-order valence-electron chi connectivity index (χ3n) is 1.92. The van der Waals surface area contributed by atoms with Crippen LogP contribution in [0.15, 0.2) is 12.1 Å². The fourth-order valence-electron chi connectivity index (χ4n) is 1.15. The van der Waals surface area contributed by atoms with Gasteiger partial charge in [-0.3, -0.25) is 0 Å². The fraction of sp³-hybridized carbons (Fsp3) is 0.333. The van der Waals surface area contributed by atoms with Crippen LogP contribution in [-0.4, -0.2) is 0 Å². The summed E-state index contributed by atoms with van der Waals surface area (Å²) in [5.74, 6) is -1.69. The van der Waals surface area contributed by atoms with Crippen molar-refractivity contribution in [3.05, 3.63) is 34.6 Å². The molecule has 0 saturated heterocycles. The second-order valence-corrected chi connectivity index (χ2v) is 3.69. The van der Waals surface area contributed by atoms with Gasteiger partial charge in [-0.05, 0) is 17.7 Å². The molecule has 1 rings (SSSR count). The van der Waals surface area contributed by atoms with Gasteiger partial charge in [0.25, 0.3) is 0 Å². The minimum Gasteiger partial charge on any atom is -0.206 e. The number of hydrogen-bond donors (Lipinski definition) is 0. The Labute approximate surface area is 99.6 Å². The highest BCUT2D eigenvalue weighted by atomic mass is 79.9. The van der Waals surface area contributed by atoms with Gasteiger partial charge in [0.2, 0.25) is 0 Å². The van der Waals surface area contributed by atoms with E-state index >= 15 is 0 Å². The first-order chi connectivity index (χ1) is 7.57. The maximum absolute atomic E-state index is 13.2. The van der Waals surface area contributed by atoms with Crippen LogP contribution in [0, 0.1) is 5.82 Å². The molecule has 0 fully saturated rings. The Bertz CT molecular complexity index is 419. The molecule has 0 atom stereocenters. The van der Waals surface area contributed by atoms with Gasteiger partial charge >= 0.3 is 12.4 Å². The monoisotopic (exact) mass is 324 g/mol. The van der Waals surface area contributed by atoms with Crippen molar-refractivity contribution in [1.29, 1.82) is 0 Å². The standard InChI is InChI=1S/C9H4BrF7/c10-3-4-1-5(8(12,13)14)2-6(7(4)11)9(15,16)17/h1-2H,3H2. The van der Waals surface area contributed by atoms with Gasteiger partial charge in [0.1, 0.15) is 5.82 Å². The van der Waals surface area contributed by atoms with E-state index in [2.05, 4.69) is 15.9 Å². The highest BCUT2D eigenvalue weighted by molar-refractivity contribution is 9.08. The highest BCUT2D eigenvalue weighted by Crippen LogP contribution is 2.38. The van der Waals surface area contributed by atoms with E-state index in [9.17, 15) is 30.7 Å². The third kappa shape index (κ3) is 3.11. The molecule has 0 aliphatic rings. The SMILES string of the molecule is Fc1c(CBr)cc(C(F)(F)F)cc1C(F)(F)F. The van der Waals surface area contributed by atoms with Crippen LogP contribution in [0.2, 0.25) is 0 Å². The lowest BCUT2D eigenvalue weighted by Crippen LogP contribution is -2.14. The Morgan fingerprint density at radius 1 is 0.941 bits per heavy atom. The lowest BCUT2D eigenvalue weighted by atomic mass is 10.0. The first-order valence-electron chi connectivity index (χ1n) is 4.10. The van der Waals surface area contributed by atoms with E-state index in [-0.39, 0.29) is 6.07 Å². The molecule has 0 N–H and O–H groups in total. The summed E-state index contributed by atoms with van der Waals surface area (Å²) >= 11 is 2.64. The fourth-order valence-corrected chi connectivity index (χ4v) is 1.56. The van der Waals surface area contributed by atoms with Crippen molar-refractivity contribution in [3.63, 3.8) is 0 Å². The molecule has 0 radical (unpaired) electrons. The van der Waals surface area contributed by atoms with Crippen LogP contribution in [0.4, 0.5) is 30.7 Å². The van der Waals surface area contributed by atoms with E-state index in [0.29, 0.717) is 6.07 Å².